The van der Waals surface area contributed by atoms with Gasteiger partial charge in [0.1, 0.15) is 0 Å². The van der Waals surface area contributed by atoms with Crippen molar-refractivity contribution in [1.82, 2.24) is 20.1 Å². The van der Waals surface area contributed by atoms with Crippen LogP contribution in [0.1, 0.15) is 61.4 Å². The molecule has 1 aromatic heterocycles. The zero-order valence-electron chi connectivity index (χ0n) is 16.0. The number of amides is 1. The lowest BCUT2D eigenvalue weighted by molar-refractivity contribution is -0.116. The minimum absolute atomic E-state index is 0.00946. The zero-order valence-corrected chi connectivity index (χ0v) is 16.0. The third kappa shape index (κ3) is 4.49. The number of rotatable bonds is 6. The molecule has 1 saturated heterocycles. The summed E-state index contributed by atoms with van der Waals surface area (Å²) < 4.78 is 1.68. The predicted molar refractivity (Wildman–Crippen MR) is 103 cm³/mol. The van der Waals surface area contributed by atoms with Crippen molar-refractivity contribution in [2.45, 2.75) is 51.4 Å². The maximum Gasteiger partial charge on any atom is 0.227 e. The molecule has 6 nitrogen and oxygen atoms in total. The Balaban J connectivity index is 1.63. The first-order valence-electron chi connectivity index (χ1n) is 9.55. The van der Waals surface area contributed by atoms with Crippen LogP contribution in [0.3, 0.4) is 0 Å². The van der Waals surface area contributed by atoms with Gasteiger partial charge in [0.05, 0.1) is 0 Å². The third-order valence-electron chi connectivity index (χ3n) is 5.21. The molecule has 0 aliphatic carbocycles. The minimum atomic E-state index is -0.00946. The summed E-state index contributed by atoms with van der Waals surface area (Å²) in [6, 6.07) is 8.44. The molecule has 140 valence electrons. The number of benzene rings is 1. The van der Waals surface area contributed by atoms with Crippen molar-refractivity contribution in [3.8, 4) is 0 Å². The smallest absolute Gasteiger partial charge is 0.227 e. The molecule has 26 heavy (non-hydrogen) atoms. The normalized spacial score (nSPS) is 16.4. The maximum atomic E-state index is 12.6. The maximum absolute atomic E-state index is 12.6. The fourth-order valence-electron chi connectivity index (χ4n) is 3.50. The summed E-state index contributed by atoms with van der Waals surface area (Å²) >= 11 is 0. The Kier molecular flexibility index (Phi) is 6.04. The topological polar surface area (TPSA) is 71.8 Å². The molecule has 1 fully saturated rings. The summed E-state index contributed by atoms with van der Waals surface area (Å²) in [6.45, 7) is 6.19. The molecule has 6 heteroatoms. The third-order valence-corrected chi connectivity index (χ3v) is 5.21. The van der Waals surface area contributed by atoms with Crippen LogP contribution in [-0.2, 0) is 11.8 Å². The Morgan fingerprint density at radius 2 is 2.00 bits per heavy atom. The number of nitrogens with one attached hydrogen (secondary N) is 2. The molecule has 1 aliphatic heterocycles. The second kappa shape index (κ2) is 8.45. The molecule has 3 rings (SSSR count). The van der Waals surface area contributed by atoms with E-state index in [1.165, 1.54) is 11.1 Å². The molecule has 1 unspecified atom stereocenters. The first-order chi connectivity index (χ1) is 12.6. The summed E-state index contributed by atoms with van der Waals surface area (Å²) in [5.74, 6) is 1.97. The van der Waals surface area contributed by atoms with E-state index in [4.69, 9.17) is 0 Å². The van der Waals surface area contributed by atoms with Gasteiger partial charge >= 0.3 is 0 Å². The van der Waals surface area contributed by atoms with Crippen LogP contribution in [0.25, 0.3) is 0 Å². The second-order valence-corrected chi connectivity index (χ2v) is 7.21. The number of hydrogen-bond acceptors (Lipinski definition) is 4. The molecule has 2 aromatic rings. The van der Waals surface area contributed by atoms with E-state index in [0.717, 1.165) is 38.2 Å². The van der Waals surface area contributed by atoms with E-state index in [1.807, 2.05) is 7.05 Å². The van der Waals surface area contributed by atoms with Crippen LogP contribution >= 0.6 is 0 Å². The van der Waals surface area contributed by atoms with Crippen LogP contribution in [0.4, 0.5) is 5.95 Å². The van der Waals surface area contributed by atoms with Crippen molar-refractivity contribution >= 4 is 11.9 Å². The molecular formula is C20H29N5O. The largest absolute Gasteiger partial charge is 0.317 e. The molecule has 2 heterocycles. The van der Waals surface area contributed by atoms with Gasteiger partial charge in [0.2, 0.25) is 11.9 Å². The molecular weight excluding hydrogens is 326 g/mol. The number of aromatic nitrogens is 3. The standard InChI is InChI=1S/C20H29N5O/c1-4-15(16-7-5-14(2)6-8-16)13-18(26)22-20-23-19(24-25(20)3)17-9-11-21-12-10-17/h5-8,15,17,21H,4,9-13H2,1-3H3,(H,22,23,24,26). The van der Waals surface area contributed by atoms with Crippen molar-refractivity contribution in [3.63, 3.8) is 0 Å². The number of anilines is 1. The van der Waals surface area contributed by atoms with Gasteiger partial charge in [-0.05, 0) is 50.8 Å². The summed E-state index contributed by atoms with van der Waals surface area (Å²) in [6.07, 6.45) is 3.47. The van der Waals surface area contributed by atoms with Crippen molar-refractivity contribution in [2.75, 3.05) is 18.4 Å². The van der Waals surface area contributed by atoms with Gasteiger partial charge in [0.25, 0.3) is 0 Å². The molecule has 0 radical (unpaired) electrons. The molecule has 0 spiro atoms. The summed E-state index contributed by atoms with van der Waals surface area (Å²) in [4.78, 5) is 17.1. The van der Waals surface area contributed by atoms with Crippen molar-refractivity contribution < 1.29 is 4.79 Å². The number of carbonyl (C=O) groups is 1. The van der Waals surface area contributed by atoms with Gasteiger partial charge in [0, 0.05) is 19.4 Å². The highest BCUT2D eigenvalue weighted by molar-refractivity contribution is 5.89. The van der Waals surface area contributed by atoms with Crippen LogP contribution < -0.4 is 10.6 Å². The first kappa shape index (κ1) is 18.6. The Morgan fingerprint density at radius 1 is 1.31 bits per heavy atom. The molecule has 2 N–H and O–H groups in total. The Bertz CT molecular complexity index is 731. The van der Waals surface area contributed by atoms with E-state index in [1.54, 1.807) is 4.68 Å². The highest BCUT2D eigenvalue weighted by Gasteiger charge is 2.22. The van der Waals surface area contributed by atoms with Gasteiger partial charge in [-0.15, -0.1) is 0 Å². The summed E-state index contributed by atoms with van der Waals surface area (Å²) in [5.41, 5.74) is 2.44. The van der Waals surface area contributed by atoms with E-state index in [9.17, 15) is 4.79 Å². The van der Waals surface area contributed by atoms with Crippen LogP contribution in [-0.4, -0.2) is 33.8 Å². The van der Waals surface area contributed by atoms with Gasteiger partial charge in [-0.25, -0.2) is 4.68 Å². The molecule has 1 atom stereocenters. The van der Waals surface area contributed by atoms with E-state index < -0.39 is 0 Å². The quantitative estimate of drug-likeness (QED) is 0.835. The van der Waals surface area contributed by atoms with Gasteiger partial charge < -0.3 is 5.32 Å². The fourth-order valence-corrected chi connectivity index (χ4v) is 3.50. The predicted octanol–water partition coefficient (Wildman–Crippen LogP) is 3.11. The van der Waals surface area contributed by atoms with Crippen LogP contribution in [0.2, 0.25) is 0 Å². The second-order valence-electron chi connectivity index (χ2n) is 7.21. The molecule has 1 aromatic carbocycles. The average molecular weight is 355 g/mol. The fraction of sp³-hybridized carbons (Fsp3) is 0.550. The van der Waals surface area contributed by atoms with Crippen LogP contribution in [0.5, 0.6) is 0 Å². The van der Waals surface area contributed by atoms with E-state index in [2.05, 4.69) is 58.8 Å². The lowest BCUT2D eigenvalue weighted by Crippen LogP contribution is -2.27. The van der Waals surface area contributed by atoms with Crippen molar-refractivity contribution in [3.05, 3.63) is 41.2 Å². The molecule has 1 aliphatic rings. The van der Waals surface area contributed by atoms with E-state index >= 15 is 0 Å². The lowest BCUT2D eigenvalue weighted by Gasteiger charge is -2.19. The summed E-state index contributed by atoms with van der Waals surface area (Å²) in [5, 5.41) is 10.8. The number of nitrogens with zero attached hydrogens (tertiary/aromatic N) is 3. The van der Waals surface area contributed by atoms with Crippen molar-refractivity contribution in [2.24, 2.45) is 7.05 Å². The van der Waals surface area contributed by atoms with E-state index in [-0.39, 0.29) is 11.8 Å². The number of carbonyl (C=O) groups excluding carboxylic acids is 1. The number of aryl methyl sites for hydroxylation is 2. The molecule has 0 saturated carbocycles. The van der Waals surface area contributed by atoms with Gasteiger partial charge in [-0.2, -0.15) is 10.1 Å². The Hall–Kier alpha value is -2.21. The van der Waals surface area contributed by atoms with Crippen molar-refractivity contribution in [1.29, 1.82) is 0 Å². The zero-order chi connectivity index (χ0) is 18.5. The lowest BCUT2D eigenvalue weighted by atomic mass is 9.92. The number of piperidine rings is 1. The minimum Gasteiger partial charge on any atom is -0.317 e. The highest BCUT2D eigenvalue weighted by Crippen LogP contribution is 2.25. The monoisotopic (exact) mass is 355 g/mol. The molecule has 0 bridgehead atoms. The molecule has 1 amide bonds. The van der Waals surface area contributed by atoms with Gasteiger partial charge in [-0.1, -0.05) is 36.8 Å². The Morgan fingerprint density at radius 3 is 2.65 bits per heavy atom. The average Bonchev–Trinajstić information content (AvgIpc) is 3.02. The van der Waals surface area contributed by atoms with Gasteiger partial charge in [0.15, 0.2) is 5.82 Å². The number of hydrogen-bond donors (Lipinski definition) is 2. The van der Waals surface area contributed by atoms with Crippen LogP contribution in [0.15, 0.2) is 24.3 Å². The highest BCUT2D eigenvalue weighted by atomic mass is 16.1. The SMILES string of the molecule is CCC(CC(=O)Nc1nc(C2CCNCC2)nn1C)c1ccc(C)cc1. The summed E-state index contributed by atoms with van der Waals surface area (Å²) in [7, 11) is 1.84. The van der Waals surface area contributed by atoms with Gasteiger partial charge in [-0.3, -0.25) is 10.1 Å². The Labute approximate surface area is 155 Å². The van der Waals surface area contributed by atoms with E-state index in [0.29, 0.717) is 18.3 Å². The van der Waals surface area contributed by atoms with Crippen LogP contribution in [0, 0.1) is 6.92 Å². The first-order valence-corrected chi connectivity index (χ1v) is 9.55.